The SMILES string of the molecule is C=C(C)C(=N)OCCOCCOC[CH2-].C=C(C)[C-]=O.[U+2]. The van der Waals surface area contributed by atoms with E-state index in [9.17, 15) is 4.79 Å². The first-order valence-corrected chi connectivity index (χ1v) is 5.81. The predicted octanol–water partition coefficient (Wildman–Crippen LogP) is 2.10. The Kier molecular flexibility index (Phi) is 22.9. The van der Waals surface area contributed by atoms with Gasteiger partial charge >= 0.3 is 31.1 Å². The first-order chi connectivity index (χ1) is 8.95. The van der Waals surface area contributed by atoms with Crippen LogP contribution >= 0.6 is 0 Å². The van der Waals surface area contributed by atoms with Gasteiger partial charge in [-0.3, -0.25) is 5.41 Å². The summed E-state index contributed by atoms with van der Waals surface area (Å²) in [6.45, 7) is 16.0. The summed E-state index contributed by atoms with van der Waals surface area (Å²) in [6.07, 6.45) is 1.58. The van der Waals surface area contributed by atoms with Crippen molar-refractivity contribution < 1.29 is 50.1 Å². The van der Waals surface area contributed by atoms with Crippen LogP contribution in [-0.4, -0.2) is 45.2 Å². The molecule has 20 heavy (non-hydrogen) atoms. The second kappa shape index (κ2) is 18.6. The van der Waals surface area contributed by atoms with Crippen molar-refractivity contribution in [2.24, 2.45) is 0 Å². The molecule has 0 aliphatic rings. The fraction of sp³-hybridized carbons (Fsp3) is 0.500. The van der Waals surface area contributed by atoms with E-state index in [0.29, 0.717) is 44.2 Å². The van der Waals surface area contributed by atoms with Crippen LogP contribution in [0.3, 0.4) is 0 Å². The molecule has 0 radical (unpaired) electrons. The Labute approximate surface area is 145 Å². The molecule has 0 fully saturated rings. The van der Waals surface area contributed by atoms with E-state index in [4.69, 9.17) is 19.6 Å². The second-order valence-corrected chi connectivity index (χ2v) is 3.57. The molecule has 6 heteroatoms. The van der Waals surface area contributed by atoms with Gasteiger partial charge in [-0.2, -0.15) is 5.57 Å². The first-order valence-electron chi connectivity index (χ1n) is 5.81. The molecule has 0 bridgehead atoms. The summed E-state index contributed by atoms with van der Waals surface area (Å²) in [5.41, 5.74) is 1.07. The van der Waals surface area contributed by atoms with Gasteiger partial charge in [-0.1, -0.05) is 20.1 Å². The smallest absolute Gasteiger partial charge is 0.475 e. The Morgan fingerprint density at radius 2 is 1.60 bits per heavy atom. The van der Waals surface area contributed by atoms with Crippen LogP contribution in [0.2, 0.25) is 0 Å². The van der Waals surface area contributed by atoms with Crippen molar-refractivity contribution in [3.63, 3.8) is 0 Å². The van der Waals surface area contributed by atoms with E-state index in [-0.39, 0.29) is 37.0 Å². The van der Waals surface area contributed by atoms with Crippen molar-refractivity contribution in [2.45, 2.75) is 13.8 Å². The van der Waals surface area contributed by atoms with Crippen LogP contribution in [0, 0.1) is 43.4 Å². The van der Waals surface area contributed by atoms with Gasteiger partial charge in [0.15, 0.2) is 0 Å². The monoisotopic (exact) mass is 507 g/mol. The molecule has 112 valence electrons. The van der Waals surface area contributed by atoms with Gasteiger partial charge in [-0.15, -0.1) is 0 Å². The van der Waals surface area contributed by atoms with Crippen LogP contribution in [-0.2, 0) is 19.0 Å². The Bertz CT molecular complexity index is 293. The first kappa shape index (κ1) is 24.6. The van der Waals surface area contributed by atoms with Crippen molar-refractivity contribution >= 4 is 12.2 Å². The van der Waals surface area contributed by atoms with E-state index in [1.54, 1.807) is 20.1 Å². The van der Waals surface area contributed by atoms with E-state index in [1.165, 1.54) is 0 Å². The van der Waals surface area contributed by atoms with Gasteiger partial charge in [0.05, 0.1) is 19.8 Å². The molecule has 0 amide bonds. The molecule has 0 heterocycles. The van der Waals surface area contributed by atoms with E-state index in [1.807, 2.05) is 0 Å². The Morgan fingerprint density at radius 3 is 2.00 bits per heavy atom. The van der Waals surface area contributed by atoms with Crippen LogP contribution in [0.4, 0.5) is 0 Å². The number of hydrogen-bond donors (Lipinski definition) is 1. The molecule has 0 atom stereocenters. The van der Waals surface area contributed by atoms with E-state index < -0.39 is 0 Å². The molecular weight excluding hydrogens is 484 g/mol. The maximum Gasteiger partial charge on any atom is 2.00 e. The van der Waals surface area contributed by atoms with Crippen molar-refractivity contribution in [1.82, 2.24) is 0 Å². The van der Waals surface area contributed by atoms with E-state index in [2.05, 4.69) is 20.1 Å². The van der Waals surface area contributed by atoms with Crippen molar-refractivity contribution in [3.8, 4) is 0 Å². The minimum Gasteiger partial charge on any atom is -0.475 e. The van der Waals surface area contributed by atoms with Gasteiger partial charge in [0.2, 0.25) is 5.90 Å². The molecule has 0 aliphatic heterocycles. The second-order valence-electron chi connectivity index (χ2n) is 3.57. The predicted molar refractivity (Wildman–Crippen MR) is 76.0 cm³/mol. The molecule has 0 aliphatic carbocycles. The van der Waals surface area contributed by atoms with Gasteiger partial charge < -0.3 is 25.9 Å². The molecule has 0 saturated heterocycles. The van der Waals surface area contributed by atoms with Gasteiger partial charge in [0, 0.05) is 5.57 Å². The topological polar surface area (TPSA) is 68.6 Å². The van der Waals surface area contributed by atoms with E-state index >= 15 is 0 Å². The van der Waals surface area contributed by atoms with Crippen molar-refractivity contribution in [1.29, 1.82) is 5.41 Å². The third kappa shape index (κ3) is 22.7. The van der Waals surface area contributed by atoms with Gasteiger partial charge in [0.1, 0.15) is 6.61 Å². The molecule has 1 N–H and O–H groups in total. The minimum absolute atomic E-state index is 0. The number of allylic oxidation sites excluding steroid dienone is 1. The number of carbonyl (C=O) groups excluding carboxylic acids is 1. The van der Waals surface area contributed by atoms with Gasteiger partial charge in [-0.05, 0) is 13.2 Å². The third-order valence-corrected chi connectivity index (χ3v) is 1.55. The van der Waals surface area contributed by atoms with Crippen LogP contribution < -0.4 is 0 Å². The Hall–Kier alpha value is -0.408. The molecular formula is C14H23NO4U. The maximum absolute atomic E-state index is 9.28. The summed E-state index contributed by atoms with van der Waals surface area (Å²) in [5.74, 6) is 0.114. The summed E-state index contributed by atoms with van der Waals surface area (Å²) < 4.78 is 15.1. The van der Waals surface area contributed by atoms with Crippen LogP contribution in [0.5, 0.6) is 0 Å². The zero-order valence-corrected chi connectivity index (χ0v) is 16.5. The third-order valence-electron chi connectivity index (χ3n) is 1.55. The van der Waals surface area contributed by atoms with Gasteiger partial charge in [-0.25, -0.2) is 6.58 Å². The summed E-state index contributed by atoms with van der Waals surface area (Å²) in [6, 6.07) is 0. The minimum atomic E-state index is 0. The zero-order chi connectivity index (χ0) is 15.1. The quantitative estimate of drug-likeness (QED) is 0.171. The van der Waals surface area contributed by atoms with Crippen LogP contribution in [0.1, 0.15) is 13.8 Å². The Balaban J connectivity index is -0.000000414. The molecule has 5 nitrogen and oxygen atoms in total. The van der Waals surface area contributed by atoms with E-state index in [0.717, 1.165) is 0 Å². The van der Waals surface area contributed by atoms with Crippen LogP contribution in [0.25, 0.3) is 0 Å². The average molecular weight is 507 g/mol. The summed E-state index contributed by atoms with van der Waals surface area (Å²) in [7, 11) is 0. The zero-order valence-electron chi connectivity index (χ0n) is 12.3. The molecule has 0 aromatic heterocycles. The normalized spacial score (nSPS) is 8.55. The molecule has 0 aromatic carbocycles. The molecule has 0 aromatic rings. The number of ether oxygens (including phenoxy) is 3. The number of rotatable bonds is 9. The molecule has 0 saturated carbocycles. The summed E-state index contributed by atoms with van der Waals surface area (Å²) >= 11 is 0. The van der Waals surface area contributed by atoms with Crippen molar-refractivity contribution in [3.05, 3.63) is 31.2 Å². The Morgan fingerprint density at radius 1 is 1.15 bits per heavy atom. The van der Waals surface area contributed by atoms with Crippen LogP contribution in [0.15, 0.2) is 24.3 Å². The fourth-order valence-corrected chi connectivity index (χ4v) is 0.648. The summed E-state index contributed by atoms with van der Waals surface area (Å²) in [5, 5.41) is 7.28. The number of hydrogen-bond acceptors (Lipinski definition) is 5. The standard InChI is InChI=1S/C10H18NO3.C4H5O.U/c1-4-12-5-6-13-7-8-14-10(11)9(2)3;1-4(2)3-5;/h11H,1-2,4-8H2,3H3;1H2,2H3;/q2*-1;+2. The largest absolute Gasteiger partial charge is 2.00 e. The van der Waals surface area contributed by atoms with Gasteiger partial charge in [0.25, 0.3) is 0 Å². The molecule has 0 spiro atoms. The molecule has 0 rings (SSSR count). The fourth-order valence-electron chi connectivity index (χ4n) is 0.648. The maximum atomic E-state index is 9.28. The molecule has 0 unspecified atom stereocenters. The van der Waals surface area contributed by atoms with Crippen molar-refractivity contribution in [2.75, 3.05) is 33.0 Å². The number of nitrogens with one attached hydrogen (secondary N) is 1. The average Bonchev–Trinajstić information content (AvgIpc) is 2.38. The summed E-state index contributed by atoms with van der Waals surface area (Å²) in [4.78, 5) is 9.28.